The highest BCUT2D eigenvalue weighted by atomic mass is 19.4. The van der Waals surface area contributed by atoms with E-state index in [2.05, 4.69) is 4.98 Å². The van der Waals surface area contributed by atoms with Gasteiger partial charge >= 0.3 is 6.18 Å². The van der Waals surface area contributed by atoms with Crippen LogP contribution < -0.4 is 5.73 Å². The van der Waals surface area contributed by atoms with Gasteiger partial charge in [-0.1, -0.05) is 0 Å². The van der Waals surface area contributed by atoms with Crippen LogP contribution in [0.3, 0.4) is 0 Å². The number of pyridine rings is 1. The standard InChI is InChI=1S/C7H7F3N2/c8-7(9,10)4-5-1-2-12-6(11)3-5/h1-3H,4H2,(H2,11,12). The molecule has 0 radical (unpaired) electrons. The molecule has 1 aromatic rings. The first kappa shape index (κ1) is 8.83. The number of rotatable bonds is 1. The van der Waals surface area contributed by atoms with Gasteiger partial charge in [0.2, 0.25) is 0 Å². The highest BCUT2D eigenvalue weighted by molar-refractivity contribution is 5.32. The fraction of sp³-hybridized carbons (Fsp3) is 0.286. The molecule has 0 aliphatic carbocycles. The first-order chi connectivity index (χ1) is 5.47. The van der Waals surface area contributed by atoms with Crippen LogP contribution in [-0.2, 0) is 6.42 Å². The zero-order chi connectivity index (χ0) is 9.19. The van der Waals surface area contributed by atoms with Crippen molar-refractivity contribution in [3.05, 3.63) is 23.9 Å². The topological polar surface area (TPSA) is 38.9 Å². The third kappa shape index (κ3) is 2.77. The van der Waals surface area contributed by atoms with E-state index < -0.39 is 12.6 Å². The van der Waals surface area contributed by atoms with Gasteiger partial charge in [0, 0.05) is 6.20 Å². The lowest BCUT2D eigenvalue weighted by Gasteiger charge is -2.05. The molecule has 66 valence electrons. The van der Waals surface area contributed by atoms with Crippen LogP contribution in [-0.4, -0.2) is 11.2 Å². The number of hydrogen-bond donors (Lipinski definition) is 1. The lowest BCUT2D eigenvalue weighted by Crippen LogP contribution is -2.11. The van der Waals surface area contributed by atoms with Gasteiger partial charge in [0.1, 0.15) is 5.82 Å². The van der Waals surface area contributed by atoms with Crippen molar-refractivity contribution in [2.24, 2.45) is 0 Å². The van der Waals surface area contributed by atoms with Gasteiger partial charge in [0.05, 0.1) is 6.42 Å². The molecule has 0 aliphatic heterocycles. The third-order valence-corrected chi connectivity index (χ3v) is 1.25. The highest BCUT2D eigenvalue weighted by Crippen LogP contribution is 2.21. The Kier molecular flexibility index (Phi) is 2.21. The molecule has 2 N–H and O–H groups in total. The normalized spacial score (nSPS) is 11.6. The minimum atomic E-state index is -4.19. The Morgan fingerprint density at radius 2 is 2.08 bits per heavy atom. The van der Waals surface area contributed by atoms with Crippen LogP contribution in [0.15, 0.2) is 18.3 Å². The van der Waals surface area contributed by atoms with Crippen molar-refractivity contribution >= 4 is 5.82 Å². The van der Waals surface area contributed by atoms with Crippen molar-refractivity contribution in [1.82, 2.24) is 4.98 Å². The molecule has 0 unspecified atom stereocenters. The number of aromatic nitrogens is 1. The Morgan fingerprint density at radius 1 is 1.42 bits per heavy atom. The van der Waals surface area contributed by atoms with E-state index in [1.54, 1.807) is 0 Å². The van der Waals surface area contributed by atoms with Gasteiger partial charge in [-0.2, -0.15) is 13.2 Å². The number of nitrogen functional groups attached to an aromatic ring is 1. The quantitative estimate of drug-likeness (QED) is 0.708. The summed E-state index contributed by atoms with van der Waals surface area (Å²) in [7, 11) is 0. The van der Waals surface area contributed by atoms with Crippen molar-refractivity contribution in [3.63, 3.8) is 0 Å². The Labute approximate surface area is 67.2 Å². The first-order valence-corrected chi connectivity index (χ1v) is 3.24. The lowest BCUT2D eigenvalue weighted by molar-refractivity contribution is -0.127. The molecule has 0 amide bonds. The molecule has 2 nitrogen and oxygen atoms in total. The second-order valence-electron chi connectivity index (χ2n) is 2.38. The minimum Gasteiger partial charge on any atom is -0.384 e. The Morgan fingerprint density at radius 3 is 2.58 bits per heavy atom. The molecule has 0 aromatic carbocycles. The Balaban J connectivity index is 2.77. The molecule has 0 aliphatic rings. The van der Waals surface area contributed by atoms with Gasteiger partial charge in [-0.15, -0.1) is 0 Å². The van der Waals surface area contributed by atoms with Crippen LogP contribution in [0, 0.1) is 0 Å². The van der Waals surface area contributed by atoms with Gasteiger partial charge in [-0.25, -0.2) is 4.98 Å². The molecule has 0 saturated carbocycles. The summed E-state index contributed by atoms with van der Waals surface area (Å²) in [4.78, 5) is 3.58. The number of halogens is 3. The van der Waals surface area contributed by atoms with Gasteiger partial charge in [-0.05, 0) is 17.7 Å². The molecule has 12 heavy (non-hydrogen) atoms. The summed E-state index contributed by atoms with van der Waals surface area (Å²) in [6.07, 6.45) is -3.88. The molecule has 5 heteroatoms. The van der Waals surface area contributed by atoms with E-state index in [4.69, 9.17) is 5.73 Å². The SMILES string of the molecule is Nc1cc(CC(F)(F)F)ccn1. The number of hydrogen-bond acceptors (Lipinski definition) is 2. The fourth-order valence-corrected chi connectivity index (χ4v) is 0.836. The zero-order valence-electron chi connectivity index (χ0n) is 6.10. The monoisotopic (exact) mass is 176 g/mol. The highest BCUT2D eigenvalue weighted by Gasteiger charge is 2.27. The van der Waals surface area contributed by atoms with Crippen molar-refractivity contribution in [2.75, 3.05) is 5.73 Å². The smallest absolute Gasteiger partial charge is 0.384 e. The Bertz CT molecular complexity index is 270. The predicted octanol–water partition coefficient (Wildman–Crippen LogP) is 1.77. The summed E-state index contributed by atoms with van der Waals surface area (Å²) in [5, 5.41) is 0. The maximum Gasteiger partial charge on any atom is 0.393 e. The van der Waals surface area contributed by atoms with Gasteiger partial charge < -0.3 is 5.73 Å². The molecule has 1 aromatic heterocycles. The summed E-state index contributed by atoms with van der Waals surface area (Å²) in [5.41, 5.74) is 5.33. The summed E-state index contributed by atoms with van der Waals surface area (Å²) in [6.45, 7) is 0. The molecule has 0 saturated heterocycles. The molecule has 1 heterocycles. The van der Waals surface area contributed by atoms with Crippen LogP contribution in [0.1, 0.15) is 5.56 Å². The Hall–Kier alpha value is -1.26. The second-order valence-corrected chi connectivity index (χ2v) is 2.38. The zero-order valence-corrected chi connectivity index (χ0v) is 6.10. The minimum absolute atomic E-state index is 0.108. The summed E-state index contributed by atoms with van der Waals surface area (Å²) in [5.74, 6) is 0.108. The van der Waals surface area contributed by atoms with E-state index in [1.165, 1.54) is 18.3 Å². The van der Waals surface area contributed by atoms with Crippen molar-refractivity contribution in [1.29, 1.82) is 0 Å². The van der Waals surface area contributed by atoms with Gasteiger partial charge in [-0.3, -0.25) is 0 Å². The van der Waals surface area contributed by atoms with E-state index in [9.17, 15) is 13.2 Å². The van der Waals surface area contributed by atoms with Crippen LogP contribution in [0.4, 0.5) is 19.0 Å². The van der Waals surface area contributed by atoms with E-state index in [0.29, 0.717) is 0 Å². The van der Waals surface area contributed by atoms with E-state index in [0.717, 1.165) is 0 Å². The number of nitrogens with zero attached hydrogens (tertiary/aromatic N) is 1. The van der Waals surface area contributed by atoms with Crippen molar-refractivity contribution in [3.8, 4) is 0 Å². The number of anilines is 1. The van der Waals surface area contributed by atoms with Crippen molar-refractivity contribution < 1.29 is 13.2 Å². The summed E-state index contributed by atoms with van der Waals surface area (Å²) < 4.78 is 35.4. The number of nitrogens with two attached hydrogens (primary N) is 1. The van der Waals surface area contributed by atoms with E-state index in [1.807, 2.05) is 0 Å². The van der Waals surface area contributed by atoms with Crippen LogP contribution in [0.5, 0.6) is 0 Å². The average Bonchev–Trinajstić information content (AvgIpc) is 1.82. The summed E-state index contributed by atoms with van der Waals surface area (Å²) in [6, 6.07) is 2.51. The fourth-order valence-electron chi connectivity index (χ4n) is 0.836. The van der Waals surface area contributed by atoms with Gasteiger partial charge in [0.15, 0.2) is 0 Å². The largest absolute Gasteiger partial charge is 0.393 e. The molecular weight excluding hydrogens is 169 g/mol. The molecule has 0 bridgehead atoms. The maximum atomic E-state index is 11.8. The first-order valence-electron chi connectivity index (χ1n) is 3.24. The molecule has 0 fully saturated rings. The van der Waals surface area contributed by atoms with E-state index in [-0.39, 0.29) is 11.4 Å². The van der Waals surface area contributed by atoms with Gasteiger partial charge in [0.25, 0.3) is 0 Å². The lowest BCUT2D eigenvalue weighted by atomic mass is 10.2. The number of alkyl halides is 3. The van der Waals surface area contributed by atoms with E-state index >= 15 is 0 Å². The molecular formula is C7H7F3N2. The predicted molar refractivity (Wildman–Crippen MR) is 38.4 cm³/mol. The second kappa shape index (κ2) is 3.00. The van der Waals surface area contributed by atoms with Crippen LogP contribution in [0.2, 0.25) is 0 Å². The van der Waals surface area contributed by atoms with Crippen LogP contribution in [0.25, 0.3) is 0 Å². The average molecular weight is 176 g/mol. The third-order valence-electron chi connectivity index (χ3n) is 1.25. The van der Waals surface area contributed by atoms with Crippen LogP contribution >= 0.6 is 0 Å². The maximum absolute atomic E-state index is 11.8. The molecule has 0 atom stereocenters. The van der Waals surface area contributed by atoms with Crippen molar-refractivity contribution in [2.45, 2.75) is 12.6 Å². The molecule has 1 rings (SSSR count). The summed E-state index contributed by atoms with van der Waals surface area (Å²) >= 11 is 0. The molecule has 0 spiro atoms.